The number of benzene rings is 1. The summed E-state index contributed by atoms with van der Waals surface area (Å²) in [6, 6.07) is 2.99. The van der Waals surface area contributed by atoms with Crippen molar-refractivity contribution in [1.82, 2.24) is 5.32 Å². The molecular weight excluding hydrogens is 293 g/mol. The van der Waals surface area contributed by atoms with Gasteiger partial charge in [-0.25, -0.2) is 13.2 Å². The minimum atomic E-state index is -4.24. The number of hydrogen-bond acceptors (Lipinski definition) is 2. The predicted molar refractivity (Wildman–Crippen MR) is 69.6 cm³/mol. The van der Waals surface area contributed by atoms with Gasteiger partial charge < -0.3 is 10.1 Å². The van der Waals surface area contributed by atoms with Gasteiger partial charge in [0.2, 0.25) is 0 Å². The van der Waals surface area contributed by atoms with Gasteiger partial charge in [0, 0.05) is 11.6 Å². The van der Waals surface area contributed by atoms with Crippen LogP contribution in [0.25, 0.3) is 0 Å². The lowest BCUT2D eigenvalue weighted by molar-refractivity contribution is -0.148. The molecule has 0 heterocycles. The van der Waals surface area contributed by atoms with Gasteiger partial charge in [-0.05, 0) is 38.1 Å². The normalized spacial score (nSPS) is 13.5. The van der Waals surface area contributed by atoms with Crippen molar-refractivity contribution in [2.24, 2.45) is 0 Å². The second-order valence-corrected chi connectivity index (χ2v) is 4.71. The molecule has 0 aliphatic rings. The van der Waals surface area contributed by atoms with Crippen LogP contribution >= 0.6 is 0 Å². The first-order valence-corrected chi connectivity index (χ1v) is 6.59. The highest BCUT2D eigenvalue weighted by Crippen LogP contribution is 2.29. The van der Waals surface area contributed by atoms with Crippen LogP contribution in [-0.4, -0.2) is 25.5 Å². The summed E-state index contributed by atoms with van der Waals surface area (Å²) < 4.78 is 68.0. The molecule has 0 fully saturated rings. The van der Waals surface area contributed by atoms with E-state index in [4.69, 9.17) is 4.74 Å². The van der Waals surface area contributed by atoms with Gasteiger partial charge in [-0.15, -0.1) is 0 Å². The number of rotatable bonds is 8. The molecular formula is C14H18F5NO. The van der Waals surface area contributed by atoms with E-state index in [2.05, 4.69) is 5.32 Å². The van der Waals surface area contributed by atoms with Gasteiger partial charge in [0.25, 0.3) is 0 Å². The molecule has 21 heavy (non-hydrogen) atoms. The quantitative estimate of drug-likeness (QED) is 0.728. The molecule has 7 heteroatoms. The van der Waals surface area contributed by atoms with Gasteiger partial charge in [-0.1, -0.05) is 6.92 Å². The average molecular weight is 311 g/mol. The summed E-state index contributed by atoms with van der Waals surface area (Å²) in [6.07, 6.45) is -2.98. The lowest BCUT2D eigenvalue weighted by atomic mass is 10.1. The van der Waals surface area contributed by atoms with E-state index in [1.54, 1.807) is 6.92 Å². The van der Waals surface area contributed by atoms with Gasteiger partial charge in [0.1, 0.15) is 11.6 Å². The first-order valence-electron chi connectivity index (χ1n) is 6.59. The number of halogens is 5. The molecule has 1 aromatic rings. The topological polar surface area (TPSA) is 21.3 Å². The third kappa shape index (κ3) is 5.15. The standard InChI is InChI=1S/C14H18F5NO/c1-3-6-20-9(2)11-7-10(15)4-5-12(11)21-8-14(18,19)13(16)17/h4-5,7,9,13,20H,3,6,8H2,1-2H3. The zero-order valence-corrected chi connectivity index (χ0v) is 11.8. The van der Waals surface area contributed by atoms with Crippen LogP contribution in [0.5, 0.6) is 5.75 Å². The summed E-state index contributed by atoms with van der Waals surface area (Å²) in [6.45, 7) is 2.84. The first kappa shape index (κ1) is 17.7. The molecule has 0 bridgehead atoms. The Balaban J connectivity index is 2.86. The molecule has 2 nitrogen and oxygen atoms in total. The molecule has 0 aliphatic heterocycles. The zero-order chi connectivity index (χ0) is 16.0. The molecule has 0 aromatic heterocycles. The molecule has 0 saturated carbocycles. The van der Waals surface area contributed by atoms with Crippen LogP contribution in [0.15, 0.2) is 18.2 Å². The van der Waals surface area contributed by atoms with Crippen molar-refractivity contribution in [3.63, 3.8) is 0 Å². The van der Waals surface area contributed by atoms with Crippen molar-refractivity contribution in [1.29, 1.82) is 0 Å². The highest BCUT2D eigenvalue weighted by molar-refractivity contribution is 5.36. The Morgan fingerprint density at radius 2 is 1.95 bits per heavy atom. The molecule has 1 N–H and O–H groups in total. The molecule has 0 spiro atoms. The van der Waals surface area contributed by atoms with Crippen molar-refractivity contribution >= 4 is 0 Å². The number of alkyl halides is 4. The van der Waals surface area contributed by atoms with E-state index < -0.39 is 24.8 Å². The molecule has 1 atom stereocenters. The van der Waals surface area contributed by atoms with E-state index in [0.29, 0.717) is 12.1 Å². The minimum absolute atomic E-state index is 0.0344. The maximum absolute atomic E-state index is 13.3. The number of hydrogen-bond donors (Lipinski definition) is 1. The van der Waals surface area contributed by atoms with Gasteiger partial charge in [-0.2, -0.15) is 8.78 Å². The molecule has 0 amide bonds. The van der Waals surface area contributed by atoms with E-state index in [0.717, 1.165) is 24.6 Å². The molecule has 1 aromatic carbocycles. The average Bonchev–Trinajstić information content (AvgIpc) is 2.43. The fourth-order valence-corrected chi connectivity index (χ4v) is 1.70. The first-order chi connectivity index (χ1) is 9.77. The van der Waals surface area contributed by atoms with E-state index in [-0.39, 0.29) is 11.8 Å². The van der Waals surface area contributed by atoms with Gasteiger partial charge >= 0.3 is 12.3 Å². The van der Waals surface area contributed by atoms with Crippen LogP contribution < -0.4 is 10.1 Å². The summed E-state index contributed by atoms with van der Waals surface area (Å²) in [7, 11) is 0. The summed E-state index contributed by atoms with van der Waals surface area (Å²) in [5.41, 5.74) is 0.313. The van der Waals surface area contributed by atoms with Crippen LogP contribution in [0.4, 0.5) is 22.0 Å². The zero-order valence-electron chi connectivity index (χ0n) is 11.8. The molecule has 0 saturated heterocycles. The summed E-state index contributed by atoms with van der Waals surface area (Å²) >= 11 is 0. The lowest BCUT2D eigenvalue weighted by Crippen LogP contribution is -2.34. The SMILES string of the molecule is CCCNC(C)c1cc(F)ccc1OCC(F)(F)C(F)F. The van der Waals surface area contributed by atoms with Crippen molar-refractivity contribution in [3.8, 4) is 5.75 Å². The molecule has 1 unspecified atom stereocenters. The fraction of sp³-hybridized carbons (Fsp3) is 0.571. The van der Waals surface area contributed by atoms with Crippen LogP contribution in [0, 0.1) is 5.82 Å². The monoisotopic (exact) mass is 311 g/mol. The van der Waals surface area contributed by atoms with Gasteiger partial charge in [0.15, 0.2) is 6.61 Å². The molecule has 120 valence electrons. The Hall–Kier alpha value is -1.37. The maximum Gasteiger partial charge on any atom is 0.340 e. The van der Waals surface area contributed by atoms with E-state index >= 15 is 0 Å². The van der Waals surface area contributed by atoms with Crippen LogP contribution in [0.2, 0.25) is 0 Å². The summed E-state index contributed by atoms with van der Waals surface area (Å²) in [5, 5.41) is 3.05. The molecule has 0 radical (unpaired) electrons. The minimum Gasteiger partial charge on any atom is -0.487 e. The van der Waals surface area contributed by atoms with Gasteiger partial charge in [0.05, 0.1) is 0 Å². The van der Waals surface area contributed by atoms with Crippen LogP contribution in [0.3, 0.4) is 0 Å². The third-order valence-electron chi connectivity index (χ3n) is 2.88. The lowest BCUT2D eigenvalue weighted by Gasteiger charge is -2.21. The van der Waals surface area contributed by atoms with E-state index in [1.165, 1.54) is 0 Å². The largest absolute Gasteiger partial charge is 0.487 e. The van der Waals surface area contributed by atoms with E-state index in [9.17, 15) is 22.0 Å². The van der Waals surface area contributed by atoms with Crippen LogP contribution in [-0.2, 0) is 0 Å². The Morgan fingerprint density at radius 1 is 1.29 bits per heavy atom. The Labute approximate surface area is 120 Å². The highest BCUT2D eigenvalue weighted by Gasteiger charge is 2.41. The van der Waals surface area contributed by atoms with E-state index in [1.807, 2.05) is 6.92 Å². The summed E-state index contributed by atoms with van der Waals surface area (Å²) in [5.74, 6) is -4.83. The third-order valence-corrected chi connectivity index (χ3v) is 2.88. The van der Waals surface area contributed by atoms with Crippen molar-refractivity contribution in [2.75, 3.05) is 13.2 Å². The Kier molecular flexibility index (Phi) is 6.39. The van der Waals surface area contributed by atoms with Crippen molar-refractivity contribution in [2.45, 2.75) is 38.7 Å². The second-order valence-electron chi connectivity index (χ2n) is 4.71. The molecule has 0 aliphatic carbocycles. The van der Waals surface area contributed by atoms with Crippen LogP contribution in [0.1, 0.15) is 31.9 Å². The van der Waals surface area contributed by atoms with Crippen molar-refractivity contribution in [3.05, 3.63) is 29.6 Å². The highest BCUT2D eigenvalue weighted by atomic mass is 19.3. The predicted octanol–water partition coefficient (Wildman–Crippen LogP) is 4.17. The smallest absolute Gasteiger partial charge is 0.340 e. The summed E-state index contributed by atoms with van der Waals surface area (Å²) in [4.78, 5) is 0. The van der Waals surface area contributed by atoms with Gasteiger partial charge in [-0.3, -0.25) is 0 Å². The second kappa shape index (κ2) is 7.59. The maximum atomic E-state index is 13.3. The number of nitrogens with one attached hydrogen (secondary N) is 1. The Morgan fingerprint density at radius 3 is 2.52 bits per heavy atom. The van der Waals surface area contributed by atoms with Crippen molar-refractivity contribution < 1.29 is 26.7 Å². The Bertz CT molecular complexity index is 453. The number of ether oxygens (including phenoxy) is 1. The fourth-order valence-electron chi connectivity index (χ4n) is 1.70. The molecule has 1 rings (SSSR count).